The minimum Gasteiger partial charge on any atom is -0.465 e. The van der Waals surface area contributed by atoms with E-state index in [9.17, 15) is 14.0 Å². The maximum atomic E-state index is 14.6. The van der Waals surface area contributed by atoms with Crippen molar-refractivity contribution in [3.63, 3.8) is 0 Å². The summed E-state index contributed by atoms with van der Waals surface area (Å²) in [7, 11) is 1.28. The Morgan fingerprint density at radius 3 is 2.32 bits per heavy atom. The SMILES string of the molecule is COC(=O)c1ccccc1NC(=O)[C@@H](C)c1ccc(-c2ccccc2)c(F)c1. The third-order valence-corrected chi connectivity index (χ3v) is 4.56. The van der Waals surface area contributed by atoms with E-state index in [1.54, 1.807) is 43.3 Å². The molecule has 0 radical (unpaired) electrons. The summed E-state index contributed by atoms with van der Waals surface area (Å²) in [6.07, 6.45) is 0. The van der Waals surface area contributed by atoms with Gasteiger partial charge >= 0.3 is 5.97 Å². The van der Waals surface area contributed by atoms with Gasteiger partial charge in [0.25, 0.3) is 0 Å². The Morgan fingerprint density at radius 2 is 1.64 bits per heavy atom. The van der Waals surface area contributed by atoms with Crippen LogP contribution in [0, 0.1) is 5.82 Å². The van der Waals surface area contributed by atoms with Crippen LogP contribution in [0.4, 0.5) is 10.1 Å². The molecular formula is C23H20FNO3. The van der Waals surface area contributed by atoms with Crippen LogP contribution in [0.15, 0.2) is 72.8 Å². The minimum absolute atomic E-state index is 0.260. The topological polar surface area (TPSA) is 55.4 Å². The largest absolute Gasteiger partial charge is 0.465 e. The van der Waals surface area contributed by atoms with Gasteiger partial charge in [-0.2, -0.15) is 0 Å². The van der Waals surface area contributed by atoms with Crippen molar-refractivity contribution in [2.75, 3.05) is 12.4 Å². The number of hydrogen-bond donors (Lipinski definition) is 1. The Hall–Kier alpha value is -3.47. The third kappa shape index (κ3) is 4.09. The van der Waals surface area contributed by atoms with Crippen molar-refractivity contribution in [3.8, 4) is 11.1 Å². The highest BCUT2D eigenvalue weighted by Crippen LogP contribution is 2.27. The number of methoxy groups -OCH3 is 1. The van der Waals surface area contributed by atoms with Gasteiger partial charge in [-0.05, 0) is 36.2 Å². The van der Waals surface area contributed by atoms with Crippen molar-refractivity contribution in [2.24, 2.45) is 0 Å². The van der Waals surface area contributed by atoms with E-state index in [-0.39, 0.29) is 11.5 Å². The molecule has 0 aromatic heterocycles. The van der Waals surface area contributed by atoms with Gasteiger partial charge in [0, 0.05) is 5.56 Å². The lowest BCUT2D eigenvalue weighted by Gasteiger charge is -2.15. The van der Waals surface area contributed by atoms with Crippen LogP contribution in [0.25, 0.3) is 11.1 Å². The van der Waals surface area contributed by atoms with E-state index in [0.717, 1.165) is 5.56 Å². The summed E-state index contributed by atoms with van der Waals surface area (Å²) >= 11 is 0. The summed E-state index contributed by atoms with van der Waals surface area (Å²) in [5.74, 6) is -1.88. The average Bonchev–Trinajstić information content (AvgIpc) is 2.73. The molecule has 3 aromatic rings. The van der Waals surface area contributed by atoms with E-state index in [1.807, 2.05) is 30.3 Å². The van der Waals surface area contributed by atoms with Crippen LogP contribution < -0.4 is 5.32 Å². The van der Waals surface area contributed by atoms with Crippen molar-refractivity contribution in [1.82, 2.24) is 0 Å². The predicted molar refractivity (Wildman–Crippen MR) is 107 cm³/mol. The number of amides is 1. The van der Waals surface area contributed by atoms with Crippen LogP contribution in [0.5, 0.6) is 0 Å². The Labute approximate surface area is 163 Å². The summed E-state index contributed by atoms with van der Waals surface area (Å²) in [5.41, 5.74) is 2.41. The molecule has 4 nitrogen and oxygen atoms in total. The molecule has 0 aliphatic carbocycles. The van der Waals surface area contributed by atoms with Crippen molar-refractivity contribution in [2.45, 2.75) is 12.8 Å². The van der Waals surface area contributed by atoms with Crippen LogP contribution in [0.2, 0.25) is 0 Å². The molecule has 0 saturated carbocycles. The first-order chi connectivity index (χ1) is 13.5. The summed E-state index contributed by atoms with van der Waals surface area (Å²) in [6, 6.07) is 20.6. The molecule has 0 heterocycles. The molecule has 0 fully saturated rings. The molecule has 1 amide bonds. The highest BCUT2D eigenvalue weighted by Gasteiger charge is 2.20. The molecule has 0 aliphatic rings. The Balaban J connectivity index is 1.81. The summed E-state index contributed by atoms with van der Waals surface area (Å²) in [6.45, 7) is 1.69. The zero-order valence-corrected chi connectivity index (χ0v) is 15.6. The van der Waals surface area contributed by atoms with Crippen molar-refractivity contribution < 1.29 is 18.7 Å². The number of halogens is 1. The quantitative estimate of drug-likeness (QED) is 0.635. The number of esters is 1. The van der Waals surface area contributed by atoms with E-state index in [0.29, 0.717) is 16.8 Å². The Kier molecular flexibility index (Phi) is 5.84. The highest BCUT2D eigenvalue weighted by molar-refractivity contribution is 6.03. The zero-order chi connectivity index (χ0) is 20.1. The number of benzene rings is 3. The van der Waals surface area contributed by atoms with Gasteiger partial charge in [-0.3, -0.25) is 4.79 Å². The van der Waals surface area contributed by atoms with Gasteiger partial charge in [0.15, 0.2) is 0 Å². The van der Waals surface area contributed by atoms with Crippen molar-refractivity contribution in [1.29, 1.82) is 0 Å². The van der Waals surface area contributed by atoms with E-state index < -0.39 is 17.7 Å². The van der Waals surface area contributed by atoms with E-state index in [4.69, 9.17) is 4.74 Å². The molecule has 0 bridgehead atoms. The number of ether oxygens (including phenoxy) is 1. The maximum absolute atomic E-state index is 14.6. The first-order valence-corrected chi connectivity index (χ1v) is 8.84. The van der Waals surface area contributed by atoms with Gasteiger partial charge in [0.05, 0.1) is 24.3 Å². The lowest BCUT2D eigenvalue weighted by atomic mass is 9.96. The van der Waals surface area contributed by atoms with Crippen molar-refractivity contribution >= 4 is 17.6 Å². The smallest absolute Gasteiger partial charge is 0.339 e. The van der Waals surface area contributed by atoms with E-state index in [2.05, 4.69) is 5.32 Å². The lowest BCUT2D eigenvalue weighted by molar-refractivity contribution is -0.117. The van der Waals surface area contributed by atoms with Gasteiger partial charge in [-0.25, -0.2) is 9.18 Å². The van der Waals surface area contributed by atoms with Crippen LogP contribution in [-0.2, 0) is 9.53 Å². The van der Waals surface area contributed by atoms with Crippen LogP contribution in [0.3, 0.4) is 0 Å². The zero-order valence-electron chi connectivity index (χ0n) is 15.6. The van der Waals surface area contributed by atoms with Gasteiger partial charge in [0.2, 0.25) is 5.91 Å². The third-order valence-electron chi connectivity index (χ3n) is 4.56. The van der Waals surface area contributed by atoms with Gasteiger partial charge in [-0.15, -0.1) is 0 Å². The van der Waals surface area contributed by atoms with Crippen LogP contribution in [-0.4, -0.2) is 19.0 Å². The van der Waals surface area contributed by atoms with E-state index >= 15 is 0 Å². The number of carbonyl (C=O) groups is 2. The molecular weight excluding hydrogens is 357 g/mol. The first kappa shape index (κ1) is 19.3. The van der Waals surface area contributed by atoms with Gasteiger partial charge < -0.3 is 10.1 Å². The van der Waals surface area contributed by atoms with Gasteiger partial charge in [-0.1, -0.05) is 54.6 Å². The van der Waals surface area contributed by atoms with Crippen LogP contribution in [0.1, 0.15) is 28.8 Å². The fourth-order valence-electron chi connectivity index (χ4n) is 2.92. The standard InChI is InChI=1S/C23H20FNO3/c1-15(22(26)25-21-11-7-6-10-19(21)23(27)28-2)17-12-13-18(20(24)14-17)16-8-4-3-5-9-16/h3-15H,1-2H3,(H,25,26)/t15-/m0/s1. The second-order valence-electron chi connectivity index (χ2n) is 6.35. The molecule has 5 heteroatoms. The molecule has 0 spiro atoms. The minimum atomic E-state index is -0.606. The average molecular weight is 377 g/mol. The Morgan fingerprint density at radius 1 is 0.964 bits per heavy atom. The monoisotopic (exact) mass is 377 g/mol. The second-order valence-corrected chi connectivity index (χ2v) is 6.35. The normalized spacial score (nSPS) is 11.5. The molecule has 3 aromatic carbocycles. The number of carbonyl (C=O) groups excluding carboxylic acids is 2. The van der Waals surface area contributed by atoms with Gasteiger partial charge in [0.1, 0.15) is 5.82 Å². The number of para-hydroxylation sites is 1. The first-order valence-electron chi connectivity index (χ1n) is 8.84. The molecule has 1 N–H and O–H groups in total. The summed E-state index contributed by atoms with van der Waals surface area (Å²) in [4.78, 5) is 24.5. The molecule has 28 heavy (non-hydrogen) atoms. The lowest BCUT2D eigenvalue weighted by Crippen LogP contribution is -2.20. The summed E-state index contributed by atoms with van der Waals surface area (Å²) in [5, 5.41) is 2.73. The highest BCUT2D eigenvalue weighted by atomic mass is 19.1. The molecule has 0 unspecified atom stereocenters. The molecule has 0 aliphatic heterocycles. The van der Waals surface area contributed by atoms with Crippen LogP contribution >= 0.6 is 0 Å². The number of anilines is 1. The molecule has 0 saturated heterocycles. The van der Waals surface area contributed by atoms with Crippen molar-refractivity contribution in [3.05, 3.63) is 89.7 Å². The van der Waals surface area contributed by atoms with E-state index in [1.165, 1.54) is 13.2 Å². The second kappa shape index (κ2) is 8.48. The number of hydrogen-bond acceptors (Lipinski definition) is 3. The fraction of sp³-hybridized carbons (Fsp3) is 0.130. The number of rotatable bonds is 5. The molecule has 3 rings (SSSR count). The Bertz CT molecular complexity index is 1000. The predicted octanol–water partition coefficient (Wildman–Crippen LogP) is 5.02. The number of nitrogens with one attached hydrogen (secondary N) is 1. The summed E-state index contributed by atoms with van der Waals surface area (Å²) < 4.78 is 19.3. The maximum Gasteiger partial charge on any atom is 0.339 e. The molecule has 142 valence electrons. The fourth-order valence-corrected chi connectivity index (χ4v) is 2.92. The molecule has 1 atom stereocenters.